The van der Waals surface area contributed by atoms with E-state index in [0.717, 1.165) is 6.54 Å². The molecule has 0 spiro atoms. The Balaban J connectivity index is 2.56. The van der Waals surface area contributed by atoms with Gasteiger partial charge in [-0.3, -0.25) is 4.79 Å². The fourth-order valence-electron chi connectivity index (χ4n) is 1.32. The van der Waals surface area contributed by atoms with Crippen molar-refractivity contribution < 1.29 is 4.79 Å². The molecule has 0 aliphatic heterocycles. The standard InChI is InChI=1S/C9H11N5O/c1-2-11-7-3-4-14-9(13-7)6(5-12-14)8(10)15/h3-5H,2H2,1H3,(H2,10,15)(H,11,13). The molecule has 0 aliphatic rings. The number of nitrogens with one attached hydrogen (secondary N) is 1. The van der Waals surface area contributed by atoms with E-state index in [4.69, 9.17) is 5.73 Å². The number of primary amides is 1. The van der Waals surface area contributed by atoms with Gasteiger partial charge in [-0.05, 0) is 13.0 Å². The van der Waals surface area contributed by atoms with Crippen molar-refractivity contribution >= 4 is 17.4 Å². The molecule has 0 atom stereocenters. The van der Waals surface area contributed by atoms with Crippen LogP contribution in [0.4, 0.5) is 5.82 Å². The van der Waals surface area contributed by atoms with Gasteiger partial charge in [-0.15, -0.1) is 0 Å². The van der Waals surface area contributed by atoms with Crippen LogP contribution in [0.15, 0.2) is 18.5 Å². The highest BCUT2D eigenvalue weighted by atomic mass is 16.1. The number of aromatic nitrogens is 3. The lowest BCUT2D eigenvalue weighted by Gasteiger charge is -2.02. The van der Waals surface area contributed by atoms with Crippen molar-refractivity contribution in [3.63, 3.8) is 0 Å². The van der Waals surface area contributed by atoms with E-state index in [1.54, 1.807) is 12.3 Å². The van der Waals surface area contributed by atoms with Crippen LogP contribution in [0.1, 0.15) is 17.3 Å². The average molecular weight is 205 g/mol. The summed E-state index contributed by atoms with van der Waals surface area (Å²) in [4.78, 5) is 15.3. The third-order valence-corrected chi connectivity index (χ3v) is 1.99. The second-order valence-corrected chi connectivity index (χ2v) is 3.03. The number of anilines is 1. The van der Waals surface area contributed by atoms with Crippen LogP contribution in [-0.4, -0.2) is 27.0 Å². The summed E-state index contributed by atoms with van der Waals surface area (Å²) in [5.74, 6) is 0.180. The molecule has 78 valence electrons. The zero-order valence-electron chi connectivity index (χ0n) is 8.27. The fraction of sp³-hybridized carbons (Fsp3) is 0.222. The van der Waals surface area contributed by atoms with Gasteiger partial charge in [-0.25, -0.2) is 9.50 Å². The first kappa shape index (κ1) is 9.45. The van der Waals surface area contributed by atoms with Crippen LogP contribution in [-0.2, 0) is 0 Å². The zero-order valence-corrected chi connectivity index (χ0v) is 8.27. The molecule has 0 saturated heterocycles. The fourth-order valence-corrected chi connectivity index (χ4v) is 1.32. The maximum absolute atomic E-state index is 11.1. The average Bonchev–Trinajstić information content (AvgIpc) is 2.61. The van der Waals surface area contributed by atoms with Crippen LogP contribution >= 0.6 is 0 Å². The van der Waals surface area contributed by atoms with Crippen LogP contribution in [0, 0.1) is 0 Å². The molecule has 6 nitrogen and oxygen atoms in total. The number of amides is 1. The summed E-state index contributed by atoms with van der Waals surface area (Å²) in [5, 5.41) is 7.02. The van der Waals surface area contributed by atoms with E-state index in [1.165, 1.54) is 10.7 Å². The first-order valence-electron chi connectivity index (χ1n) is 4.60. The molecule has 15 heavy (non-hydrogen) atoms. The molecule has 0 aromatic carbocycles. The molecule has 0 radical (unpaired) electrons. The molecule has 0 aliphatic carbocycles. The first-order chi connectivity index (χ1) is 7.22. The number of nitrogens with two attached hydrogens (primary N) is 1. The molecule has 2 aromatic heterocycles. The minimum atomic E-state index is -0.522. The van der Waals surface area contributed by atoms with E-state index in [2.05, 4.69) is 15.4 Å². The smallest absolute Gasteiger partial charge is 0.254 e. The van der Waals surface area contributed by atoms with E-state index < -0.39 is 5.91 Å². The Hall–Kier alpha value is -2.11. The maximum atomic E-state index is 11.1. The Labute approximate surface area is 86.1 Å². The number of carbonyl (C=O) groups is 1. The van der Waals surface area contributed by atoms with Crippen molar-refractivity contribution in [2.24, 2.45) is 5.73 Å². The van der Waals surface area contributed by atoms with Gasteiger partial charge in [0.2, 0.25) is 0 Å². The lowest BCUT2D eigenvalue weighted by atomic mass is 10.3. The molecular weight excluding hydrogens is 194 g/mol. The summed E-state index contributed by atoms with van der Waals surface area (Å²) >= 11 is 0. The third kappa shape index (κ3) is 1.61. The first-order valence-corrected chi connectivity index (χ1v) is 4.60. The van der Waals surface area contributed by atoms with Crippen LogP contribution in [0.5, 0.6) is 0 Å². The largest absolute Gasteiger partial charge is 0.370 e. The molecule has 0 fully saturated rings. The highest BCUT2D eigenvalue weighted by molar-refractivity contribution is 5.98. The van der Waals surface area contributed by atoms with E-state index >= 15 is 0 Å². The monoisotopic (exact) mass is 205 g/mol. The highest BCUT2D eigenvalue weighted by Gasteiger charge is 2.10. The van der Waals surface area contributed by atoms with Gasteiger partial charge in [0.1, 0.15) is 11.4 Å². The molecule has 2 aromatic rings. The van der Waals surface area contributed by atoms with Crippen LogP contribution < -0.4 is 11.1 Å². The van der Waals surface area contributed by atoms with Gasteiger partial charge in [0.05, 0.1) is 6.20 Å². The number of hydrogen-bond acceptors (Lipinski definition) is 4. The lowest BCUT2D eigenvalue weighted by Crippen LogP contribution is -2.11. The highest BCUT2D eigenvalue weighted by Crippen LogP contribution is 2.10. The number of nitrogens with zero attached hydrogens (tertiary/aromatic N) is 3. The van der Waals surface area contributed by atoms with Crippen molar-refractivity contribution in [3.8, 4) is 0 Å². The number of carbonyl (C=O) groups excluding carboxylic acids is 1. The predicted molar refractivity (Wildman–Crippen MR) is 55.7 cm³/mol. The van der Waals surface area contributed by atoms with Crippen LogP contribution in [0.3, 0.4) is 0 Å². The molecule has 2 rings (SSSR count). The molecular formula is C9H11N5O. The Kier molecular flexibility index (Phi) is 2.24. The molecule has 1 amide bonds. The molecule has 3 N–H and O–H groups in total. The number of fused-ring (bicyclic) bond motifs is 1. The summed E-state index contributed by atoms with van der Waals surface area (Å²) in [6, 6.07) is 1.79. The van der Waals surface area contributed by atoms with Gasteiger partial charge in [0, 0.05) is 12.7 Å². The van der Waals surface area contributed by atoms with Crippen molar-refractivity contribution in [1.29, 1.82) is 0 Å². The van der Waals surface area contributed by atoms with Gasteiger partial charge < -0.3 is 11.1 Å². The Morgan fingerprint density at radius 2 is 2.47 bits per heavy atom. The lowest BCUT2D eigenvalue weighted by molar-refractivity contribution is 0.100. The van der Waals surface area contributed by atoms with Gasteiger partial charge >= 0.3 is 0 Å². The molecule has 2 heterocycles. The van der Waals surface area contributed by atoms with Gasteiger partial charge in [0.25, 0.3) is 5.91 Å². The molecule has 0 unspecified atom stereocenters. The number of rotatable bonds is 3. The Bertz CT molecular complexity index is 504. The van der Waals surface area contributed by atoms with E-state index in [-0.39, 0.29) is 0 Å². The van der Waals surface area contributed by atoms with Crippen molar-refractivity contribution in [2.75, 3.05) is 11.9 Å². The summed E-state index contributed by atoms with van der Waals surface area (Å²) in [5.41, 5.74) is 6.00. The summed E-state index contributed by atoms with van der Waals surface area (Å²) in [6.07, 6.45) is 3.15. The predicted octanol–water partition coefficient (Wildman–Crippen LogP) is 0.260. The summed E-state index contributed by atoms with van der Waals surface area (Å²) in [6.45, 7) is 2.74. The van der Waals surface area contributed by atoms with Gasteiger partial charge in [-0.2, -0.15) is 5.10 Å². The van der Waals surface area contributed by atoms with Crippen molar-refractivity contribution in [3.05, 3.63) is 24.0 Å². The second-order valence-electron chi connectivity index (χ2n) is 3.03. The van der Waals surface area contributed by atoms with E-state index in [9.17, 15) is 4.79 Å². The van der Waals surface area contributed by atoms with E-state index in [0.29, 0.717) is 17.0 Å². The quantitative estimate of drug-likeness (QED) is 0.752. The minimum absolute atomic E-state index is 0.328. The topological polar surface area (TPSA) is 85.3 Å². The summed E-state index contributed by atoms with van der Waals surface area (Å²) < 4.78 is 1.51. The van der Waals surface area contributed by atoms with Gasteiger partial charge in [0.15, 0.2) is 5.65 Å². The van der Waals surface area contributed by atoms with Crippen LogP contribution in [0.25, 0.3) is 5.65 Å². The third-order valence-electron chi connectivity index (χ3n) is 1.99. The van der Waals surface area contributed by atoms with Gasteiger partial charge in [-0.1, -0.05) is 0 Å². The minimum Gasteiger partial charge on any atom is -0.370 e. The molecule has 6 heteroatoms. The number of hydrogen-bond donors (Lipinski definition) is 2. The van der Waals surface area contributed by atoms with Crippen LogP contribution in [0.2, 0.25) is 0 Å². The molecule has 0 saturated carbocycles. The maximum Gasteiger partial charge on any atom is 0.254 e. The summed E-state index contributed by atoms with van der Waals surface area (Å²) in [7, 11) is 0. The molecule has 0 bridgehead atoms. The van der Waals surface area contributed by atoms with Crippen molar-refractivity contribution in [1.82, 2.24) is 14.6 Å². The Morgan fingerprint density at radius 1 is 1.67 bits per heavy atom. The zero-order chi connectivity index (χ0) is 10.8. The Morgan fingerprint density at radius 3 is 3.13 bits per heavy atom. The van der Waals surface area contributed by atoms with E-state index in [1.807, 2.05) is 6.92 Å². The van der Waals surface area contributed by atoms with Crippen molar-refractivity contribution in [2.45, 2.75) is 6.92 Å². The second kappa shape index (κ2) is 3.56. The normalized spacial score (nSPS) is 10.5. The SMILES string of the molecule is CCNc1ccn2ncc(C(N)=O)c2n1.